The zero-order chi connectivity index (χ0) is 16.0. The van der Waals surface area contributed by atoms with Crippen LogP contribution in [0.3, 0.4) is 0 Å². The second kappa shape index (κ2) is 8.19. The summed E-state index contributed by atoms with van der Waals surface area (Å²) in [6.45, 7) is 6.94. The number of amides is 2. The lowest BCUT2D eigenvalue weighted by atomic mass is 10.0. The predicted molar refractivity (Wildman–Crippen MR) is 77.1 cm³/mol. The van der Waals surface area contributed by atoms with Gasteiger partial charge in [0.2, 0.25) is 0 Å². The van der Waals surface area contributed by atoms with E-state index in [1.165, 1.54) is 0 Å². The number of rotatable bonds is 7. The van der Waals surface area contributed by atoms with Gasteiger partial charge >= 0.3 is 12.0 Å². The Morgan fingerprint density at radius 3 is 2.48 bits per heavy atom. The second-order valence-electron chi connectivity index (χ2n) is 5.48. The van der Waals surface area contributed by atoms with E-state index in [0.29, 0.717) is 19.5 Å². The predicted octanol–water partition coefficient (Wildman–Crippen LogP) is 0.621. The summed E-state index contributed by atoms with van der Waals surface area (Å²) in [6, 6.07) is -0.637. The van der Waals surface area contributed by atoms with Crippen LogP contribution in [0, 0.1) is 5.92 Å². The Balaban J connectivity index is 2.85. The summed E-state index contributed by atoms with van der Waals surface area (Å²) in [6.07, 6.45) is 0.505. The molecule has 21 heavy (non-hydrogen) atoms. The molecule has 1 rings (SSSR count). The molecule has 0 aromatic carbocycles. The number of hydrogen-bond acceptors (Lipinski definition) is 4. The normalized spacial score (nSPS) is 21.6. The van der Waals surface area contributed by atoms with Gasteiger partial charge in [-0.15, -0.1) is 0 Å². The molecule has 0 saturated carbocycles. The average molecular weight is 302 g/mol. The second-order valence-corrected chi connectivity index (χ2v) is 5.48. The zero-order valence-electron chi connectivity index (χ0n) is 13.0. The highest BCUT2D eigenvalue weighted by atomic mass is 16.5. The van der Waals surface area contributed by atoms with E-state index in [1.54, 1.807) is 9.80 Å². The summed E-state index contributed by atoms with van der Waals surface area (Å²) in [7, 11) is 0. The number of urea groups is 1. The Bertz CT molecular complexity index is 361. The minimum absolute atomic E-state index is 0.0105. The molecule has 1 aliphatic rings. The van der Waals surface area contributed by atoms with Crippen molar-refractivity contribution in [3.05, 3.63) is 0 Å². The molecule has 7 nitrogen and oxygen atoms in total. The standard InChI is InChI=1S/C14H26N2O5/c1-4-15(12-9-21-8-11(12)13(18)19)14(20)16(10(2)3)6-5-7-17/h10-12,17H,4-9H2,1-3H3,(H,18,19). The molecule has 7 heteroatoms. The Kier molecular flexibility index (Phi) is 6.91. The van der Waals surface area contributed by atoms with Gasteiger partial charge in [-0.2, -0.15) is 0 Å². The van der Waals surface area contributed by atoms with Crippen molar-refractivity contribution >= 4 is 12.0 Å². The van der Waals surface area contributed by atoms with Crippen molar-refractivity contribution in [1.82, 2.24) is 9.80 Å². The monoisotopic (exact) mass is 302 g/mol. The first kappa shape index (κ1) is 17.7. The summed E-state index contributed by atoms with van der Waals surface area (Å²) in [4.78, 5) is 27.2. The van der Waals surface area contributed by atoms with E-state index < -0.39 is 17.9 Å². The van der Waals surface area contributed by atoms with Crippen LogP contribution in [0.1, 0.15) is 27.2 Å². The third kappa shape index (κ3) is 4.31. The molecular weight excluding hydrogens is 276 g/mol. The molecular formula is C14H26N2O5. The fourth-order valence-corrected chi connectivity index (χ4v) is 2.58. The minimum Gasteiger partial charge on any atom is -0.481 e. The fourth-order valence-electron chi connectivity index (χ4n) is 2.58. The van der Waals surface area contributed by atoms with Crippen LogP contribution >= 0.6 is 0 Å². The average Bonchev–Trinajstić information content (AvgIpc) is 2.89. The summed E-state index contributed by atoms with van der Waals surface area (Å²) in [5.41, 5.74) is 0. The number of carboxylic acid groups (broad SMARTS) is 1. The summed E-state index contributed by atoms with van der Waals surface area (Å²) in [5, 5.41) is 18.2. The number of nitrogens with zero attached hydrogens (tertiary/aromatic N) is 2. The van der Waals surface area contributed by atoms with E-state index in [2.05, 4.69) is 0 Å². The molecule has 0 aromatic rings. The van der Waals surface area contributed by atoms with Crippen LogP contribution in [0.5, 0.6) is 0 Å². The van der Waals surface area contributed by atoms with Gasteiger partial charge in [0.05, 0.1) is 19.3 Å². The van der Waals surface area contributed by atoms with Gasteiger partial charge in [-0.1, -0.05) is 0 Å². The van der Waals surface area contributed by atoms with E-state index in [1.807, 2.05) is 20.8 Å². The van der Waals surface area contributed by atoms with Gasteiger partial charge < -0.3 is 24.7 Å². The van der Waals surface area contributed by atoms with Crippen LogP contribution in [0.15, 0.2) is 0 Å². The lowest BCUT2D eigenvalue weighted by Crippen LogP contribution is -2.53. The molecule has 2 amide bonds. The van der Waals surface area contributed by atoms with Gasteiger partial charge in [0.1, 0.15) is 5.92 Å². The number of carbonyl (C=O) groups excluding carboxylic acids is 1. The van der Waals surface area contributed by atoms with Crippen LogP contribution in [0.2, 0.25) is 0 Å². The highest BCUT2D eigenvalue weighted by molar-refractivity contribution is 5.77. The van der Waals surface area contributed by atoms with Crippen molar-refractivity contribution in [1.29, 1.82) is 0 Å². The molecule has 122 valence electrons. The number of aliphatic carboxylic acids is 1. The number of aliphatic hydroxyl groups is 1. The van der Waals surface area contributed by atoms with Crippen molar-refractivity contribution in [2.45, 2.75) is 39.3 Å². The first-order valence-electron chi connectivity index (χ1n) is 7.42. The van der Waals surface area contributed by atoms with Crippen molar-refractivity contribution in [2.24, 2.45) is 5.92 Å². The van der Waals surface area contributed by atoms with Gasteiger partial charge in [0.25, 0.3) is 0 Å². The molecule has 2 atom stereocenters. The summed E-state index contributed by atoms with van der Waals surface area (Å²) in [5.74, 6) is -1.61. The molecule has 1 fully saturated rings. The number of hydrogen-bond donors (Lipinski definition) is 2. The smallest absolute Gasteiger partial charge is 0.320 e. The minimum atomic E-state index is -0.935. The van der Waals surface area contributed by atoms with Crippen LogP contribution in [-0.2, 0) is 9.53 Å². The maximum Gasteiger partial charge on any atom is 0.320 e. The third-order valence-electron chi connectivity index (χ3n) is 3.78. The number of likely N-dealkylation sites (N-methyl/N-ethyl adjacent to an activating group) is 1. The van der Waals surface area contributed by atoms with Crippen molar-refractivity contribution in [3.63, 3.8) is 0 Å². The SMILES string of the molecule is CCN(C(=O)N(CCCO)C(C)C)C1COCC1C(=O)O. The van der Waals surface area contributed by atoms with Crippen LogP contribution in [0.4, 0.5) is 4.79 Å². The first-order chi connectivity index (χ1) is 9.93. The Hall–Kier alpha value is -1.34. The van der Waals surface area contributed by atoms with Crippen molar-refractivity contribution in [2.75, 3.05) is 32.9 Å². The van der Waals surface area contributed by atoms with E-state index in [0.717, 1.165) is 0 Å². The van der Waals surface area contributed by atoms with Crippen molar-refractivity contribution in [3.8, 4) is 0 Å². The molecule has 1 heterocycles. The number of carbonyl (C=O) groups is 2. The van der Waals surface area contributed by atoms with Gasteiger partial charge in [-0.25, -0.2) is 4.79 Å². The highest BCUT2D eigenvalue weighted by Crippen LogP contribution is 2.22. The van der Waals surface area contributed by atoms with Gasteiger partial charge in [-0.3, -0.25) is 4.79 Å². The van der Waals surface area contributed by atoms with E-state index >= 15 is 0 Å². The zero-order valence-corrected chi connectivity index (χ0v) is 13.0. The number of carboxylic acids is 1. The van der Waals surface area contributed by atoms with E-state index in [9.17, 15) is 14.7 Å². The third-order valence-corrected chi connectivity index (χ3v) is 3.78. The molecule has 0 spiro atoms. The Morgan fingerprint density at radius 1 is 1.33 bits per heavy atom. The molecule has 2 unspecified atom stereocenters. The summed E-state index contributed by atoms with van der Waals surface area (Å²) < 4.78 is 5.25. The maximum absolute atomic E-state index is 12.7. The lowest BCUT2D eigenvalue weighted by molar-refractivity contribution is -0.142. The molecule has 0 bridgehead atoms. The van der Waals surface area contributed by atoms with Crippen molar-refractivity contribution < 1.29 is 24.5 Å². The van der Waals surface area contributed by atoms with Gasteiger partial charge in [0.15, 0.2) is 0 Å². The fraction of sp³-hybridized carbons (Fsp3) is 0.857. The topological polar surface area (TPSA) is 90.3 Å². The Morgan fingerprint density at radius 2 is 2.00 bits per heavy atom. The largest absolute Gasteiger partial charge is 0.481 e. The molecule has 0 aromatic heterocycles. The highest BCUT2D eigenvalue weighted by Gasteiger charge is 2.40. The summed E-state index contributed by atoms with van der Waals surface area (Å²) >= 11 is 0. The van der Waals surface area contributed by atoms with Crippen LogP contribution in [-0.4, -0.2) is 77.0 Å². The molecule has 0 aliphatic carbocycles. The molecule has 1 aliphatic heterocycles. The maximum atomic E-state index is 12.7. The van der Waals surface area contributed by atoms with Gasteiger partial charge in [0, 0.05) is 25.7 Å². The first-order valence-corrected chi connectivity index (χ1v) is 7.42. The molecule has 1 saturated heterocycles. The molecule has 0 radical (unpaired) electrons. The van der Waals surface area contributed by atoms with Crippen LogP contribution < -0.4 is 0 Å². The molecule has 2 N–H and O–H groups in total. The lowest BCUT2D eigenvalue weighted by Gasteiger charge is -2.36. The van der Waals surface area contributed by atoms with Gasteiger partial charge in [-0.05, 0) is 27.2 Å². The quantitative estimate of drug-likeness (QED) is 0.719. The number of aliphatic hydroxyl groups excluding tert-OH is 1. The van der Waals surface area contributed by atoms with E-state index in [-0.39, 0.29) is 31.9 Å². The number of ether oxygens (including phenoxy) is 1. The Labute approximate surface area is 125 Å². The van der Waals surface area contributed by atoms with E-state index in [4.69, 9.17) is 9.84 Å². The van der Waals surface area contributed by atoms with Crippen LogP contribution in [0.25, 0.3) is 0 Å².